The van der Waals surface area contributed by atoms with Crippen LogP contribution in [0.25, 0.3) is 5.76 Å². The molecule has 4 atom stereocenters. The van der Waals surface area contributed by atoms with Crippen molar-refractivity contribution < 1.29 is 49.1 Å². The molecule has 4 aliphatic rings. The van der Waals surface area contributed by atoms with Gasteiger partial charge in [0.25, 0.3) is 17.6 Å². The lowest BCUT2D eigenvalue weighted by atomic mass is 9.54. The van der Waals surface area contributed by atoms with Gasteiger partial charge in [0.05, 0.1) is 18.8 Å². The summed E-state index contributed by atoms with van der Waals surface area (Å²) in [5.74, 6) is -10.7. The van der Waals surface area contributed by atoms with Gasteiger partial charge in [0.15, 0.2) is 11.4 Å². The molecular weight excluding hydrogens is 524 g/mol. The first kappa shape index (κ1) is 27.5. The lowest BCUT2D eigenvalue weighted by molar-refractivity contribution is -0.155. The Morgan fingerprint density at radius 1 is 1.10 bits per heavy atom. The number of primary amides is 1. The van der Waals surface area contributed by atoms with Crippen LogP contribution < -0.4 is 5.73 Å². The molecule has 212 valence electrons. The quantitative estimate of drug-likeness (QED) is 0.196. The van der Waals surface area contributed by atoms with Gasteiger partial charge in [0, 0.05) is 36.1 Å². The second kappa shape index (κ2) is 9.56. The summed E-state index contributed by atoms with van der Waals surface area (Å²) in [5, 5.41) is 44.5. The second-order valence-corrected chi connectivity index (χ2v) is 11.0. The number of amides is 2. The molecule has 1 saturated carbocycles. The highest BCUT2D eigenvalue weighted by molar-refractivity contribution is 6.43. The number of aliphatic hydroxyl groups is 3. The molecule has 0 bridgehead atoms. The molecule has 0 spiro atoms. The third-order valence-corrected chi connectivity index (χ3v) is 8.59. The largest absolute Gasteiger partial charge is 0.508 e. The number of aromatic hydroxyl groups is 1. The minimum Gasteiger partial charge on any atom is -0.508 e. The van der Waals surface area contributed by atoms with Gasteiger partial charge in [-0.1, -0.05) is 13.8 Å². The molecule has 12 heteroatoms. The summed E-state index contributed by atoms with van der Waals surface area (Å²) < 4.78 is 5.24. The number of ketones is 3. The summed E-state index contributed by atoms with van der Waals surface area (Å²) in [5.41, 5.74) is 1.28. The molecule has 0 aromatic heterocycles. The van der Waals surface area contributed by atoms with Crippen molar-refractivity contribution in [3.05, 3.63) is 45.7 Å². The summed E-state index contributed by atoms with van der Waals surface area (Å²) >= 11 is 0. The number of morpholine rings is 1. The van der Waals surface area contributed by atoms with Crippen LogP contribution in [-0.4, -0.2) is 86.4 Å². The van der Waals surface area contributed by atoms with E-state index in [4.69, 9.17) is 10.5 Å². The van der Waals surface area contributed by atoms with Crippen molar-refractivity contribution >= 4 is 34.9 Å². The van der Waals surface area contributed by atoms with E-state index in [-0.39, 0.29) is 61.4 Å². The number of ether oxygens (including phenoxy) is 1. The van der Waals surface area contributed by atoms with E-state index in [9.17, 15) is 44.4 Å². The molecule has 3 aliphatic carbocycles. The van der Waals surface area contributed by atoms with Gasteiger partial charge in [0.2, 0.25) is 5.78 Å². The molecular formula is C28H30N2O10. The lowest BCUT2D eigenvalue weighted by Crippen LogP contribution is -2.62. The van der Waals surface area contributed by atoms with Crippen molar-refractivity contribution in [3.63, 3.8) is 0 Å². The van der Waals surface area contributed by atoms with Gasteiger partial charge in [-0.15, -0.1) is 0 Å². The molecule has 12 nitrogen and oxygen atoms in total. The van der Waals surface area contributed by atoms with Crippen molar-refractivity contribution in [2.45, 2.75) is 32.3 Å². The molecule has 0 radical (unpaired) electrons. The number of benzene rings is 1. The van der Waals surface area contributed by atoms with E-state index in [1.165, 1.54) is 11.0 Å². The summed E-state index contributed by atoms with van der Waals surface area (Å²) in [6, 6.07) is 2.40. The second-order valence-electron chi connectivity index (χ2n) is 11.0. The van der Waals surface area contributed by atoms with Crippen LogP contribution in [0.2, 0.25) is 0 Å². The van der Waals surface area contributed by atoms with Gasteiger partial charge >= 0.3 is 0 Å². The maximum Gasteiger partial charge on any atom is 0.295 e. The number of Topliss-reactive ketones (excluding diaryl/α,β-unsaturated/α-hetero) is 3. The van der Waals surface area contributed by atoms with Crippen LogP contribution in [0.3, 0.4) is 0 Å². The fraction of sp³-hybridized carbons (Fsp3) is 0.464. The van der Waals surface area contributed by atoms with Crippen molar-refractivity contribution in [2.24, 2.45) is 29.4 Å². The minimum atomic E-state index is -2.72. The summed E-state index contributed by atoms with van der Waals surface area (Å²) in [4.78, 5) is 66.9. The Balaban J connectivity index is 1.65. The van der Waals surface area contributed by atoms with Crippen LogP contribution in [0.15, 0.2) is 29.0 Å². The molecule has 1 aromatic carbocycles. The topological polar surface area (TPSA) is 205 Å². The minimum absolute atomic E-state index is 0.0536. The number of hydrogen-bond donors (Lipinski definition) is 5. The third kappa shape index (κ3) is 3.77. The molecule has 5 rings (SSSR count). The summed E-state index contributed by atoms with van der Waals surface area (Å²) in [7, 11) is 0. The number of phenols is 1. The van der Waals surface area contributed by atoms with Gasteiger partial charge in [-0.25, -0.2) is 0 Å². The van der Waals surface area contributed by atoms with Gasteiger partial charge < -0.3 is 35.8 Å². The number of phenolic OH excluding ortho intramolecular Hbond substituents is 1. The Kier molecular flexibility index (Phi) is 6.58. The van der Waals surface area contributed by atoms with E-state index in [2.05, 4.69) is 0 Å². The Labute approximate surface area is 228 Å². The number of fused-ring (bicyclic) bond motifs is 3. The number of hydrogen-bond acceptors (Lipinski definition) is 10. The van der Waals surface area contributed by atoms with E-state index in [0.717, 1.165) is 6.07 Å². The van der Waals surface area contributed by atoms with Gasteiger partial charge in [-0.05, 0) is 42.4 Å². The highest BCUT2D eigenvalue weighted by Gasteiger charge is 2.64. The highest BCUT2D eigenvalue weighted by atomic mass is 16.5. The standard InChI is InChI=1S/C28H30N2O10/c1-11(2)17-15-10-12-9-14-13(21(32)27(38)30-5-7-40-8-6-30)3-4-16(31)19(14)23(34)18(12)24(35)28(15,39)25(36)20(22(17)33)26(29)37/h3-4,11-12,15,17,31,34,36,39H,5-10H2,1-2H3,(H2,29,37)/t12-,15-,17-,28-/m0/s1. The van der Waals surface area contributed by atoms with Crippen LogP contribution >= 0.6 is 0 Å². The van der Waals surface area contributed by atoms with Gasteiger partial charge in [-0.3, -0.25) is 24.0 Å². The molecule has 1 saturated heterocycles. The molecule has 0 unspecified atom stereocenters. The maximum absolute atomic E-state index is 13.9. The van der Waals surface area contributed by atoms with Crippen LogP contribution in [0.4, 0.5) is 0 Å². The molecule has 1 aliphatic heterocycles. The van der Waals surface area contributed by atoms with E-state index in [1.807, 2.05) is 0 Å². The van der Waals surface area contributed by atoms with Crippen molar-refractivity contribution in [3.8, 4) is 5.75 Å². The number of aliphatic hydroxyl groups excluding tert-OH is 2. The van der Waals surface area contributed by atoms with Crippen molar-refractivity contribution in [1.82, 2.24) is 4.90 Å². The molecule has 1 heterocycles. The Bertz CT molecular complexity index is 1430. The lowest BCUT2D eigenvalue weighted by Gasteiger charge is -2.50. The maximum atomic E-state index is 13.9. The number of nitrogens with zero attached hydrogens (tertiary/aromatic N) is 1. The van der Waals surface area contributed by atoms with E-state index in [0.29, 0.717) is 0 Å². The van der Waals surface area contributed by atoms with Gasteiger partial charge in [0.1, 0.15) is 22.8 Å². The number of carbonyl (C=O) groups is 5. The predicted molar refractivity (Wildman–Crippen MR) is 137 cm³/mol. The first-order chi connectivity index (χ1) is 18.8. The average molecular weight is 555 g/mol. The Hall–Kier alpha value is -4.03. The van der Waals surface area contributed by atoms with E-state index < -0.39 is 81.3 Å². The van der Waals surface area contributed by atoms with Gasteiger partial charge in [-0.2, -0.15) is 0 Å². The number of carbonyl (C=O) groups excluding carboxylic acids is 5. The number of rotatable bonds is 4. The fourth-order valence-electron chi connectivity index (χ4n) is 6.72. The first-order valence-corrected chi connectivity index (χ1v) is 13.1. The molecule has 2 amide bonds. The van der Waals surface area contributed by atoms with Crippen LogP contribution in [0.1, 0.15) is 41.8 Å². The fourth-order valence-corrected chi connectivity index (χ4v) is 6.72. The molecule has 6 N–H and O–H groups in total. The molecule has 2 fully saturated rings. The SMILES string of the molecule is CC(C)[C@@H]1C(=O)C(C(N)=O)=C(O)[C@@]2(O)C(=O)C3=C(O)c4c(O)ccc(C(=O)C(=O)N5CCOCC5)c4C[C@H]3C[C@@H]12. The van der Waals surface area contributed by atoms with E-state index in [1.54, 1.807) is 13.8 Å². The summed E-state index contributed by atoms with van der Waals surface area (Å²) in [6.07, 6.45) is -0.169. The first-order valence-electron chi connectivity index (χ1n) is 13.1. The van der Waals surface area contributed by atoms with Crippen molar-refractivity contribution in [1.29, 1.82) is 0 Å². The zero-order valence-electron chi connectivity index (χ0n) is 22.0. The van der Waals surface area contributed by atoms with Crippen LogP contribution in [0.5, 0.6) is 5.75 Å². The normalized spacial score (nSPS) is 28.3. The molecule has 40 heavy (non-hydrogen) atoms. The zero-order valence-corrected chi connectivity index (χ0v) is 22.0. The van der Waals surface area contributed by atoms with Crippen LogP contribution in [-0.2, 0) is 30.3 Å². The smallest absolute Gasteiger partial charge is 0.295 e. The Morgan fingerprint density at radius 3 is 2.35 bits per heavy atom. The van der Waals surface area contributed by atoms with Crippen molar-refractivity contribution in [2.75, 3.05) is 26.3 Å². The predicted octanol–water partition coefficient (Wildman–Crippen LogP) is 0.348. The Morgan fingerprint density at radius 2 is 1.75 bits per heavy atom. The highest BCUT2D eigenvalue weighted by Crippen LogP contribution is 2.54. The van der Waals surface area contributed by atoms with Crippen LogP contribution in [0, 0.1) is 23.7 Å². The summed E-state index contributed by atoms with van der Waals surface area (Å²) in [6.45, 7) is 4.35. The zero-order chi connectivity index (χ0) is 29.3. The third-order valence-electron chi connectivity index (χ3n) is 8.59. The number of nitrogens with two attached hydrogens (primary N) is 1. The monoisotopic (exact) mass is 554 g/mol. The average Bonchev–Trinajstić information content (AvgIpc) is 2.90. The molecule has 1 aromatic rings. The van der Waals surface area contributed by atoms with E-state index >= 15 is 0 Å².